The number of amides is 1. The topological polar surface area (TPSA) is 75.7 Å². The molecule has 2 heterocycles. The normalized spacial score (nSPS) is 15.2. The molecule has 26 heavy (non-hydrogen) atoms. The number of nitrogens with one attached hydrogen (secondary N) is 2. The Labute approximate surface area is 153 Å². The Morgan fingerprint density at radius 3 is 2.46 bits per heavy atom. The van der Waals surface area contributed by atoms with E-state index in [0.29, 0.717) is 5.88 Å². The molecule has 1 amide bonds. The average molecular weight is 356 g/mol. The Morgan fingerprint density at radius 2 is 1.85 bits per heavy atom. The van der Waals surface area contributed by atoms with Crippen LogP contribution >= 0.6 is 0 Å². The summed E-state index contributed by atoms with van der Waals surface area (Å²) in [5.74, 6) is 0.424. The van der Waals surface area contributed by atoms with Crippen LogP contribution in [0.25, 0.3) is 0 Å². The summed E-state index contributed by atoms with van der Waals surface area (Å²) in [5, 5.41) is 6.05. The largest absolute Gasteiger partial charge is 0.481 e. The van der Waals surface area contributed by atoms with Crippen LogP contribution in [0.4, 0.5) is 17.1 Å². The third-order valence-electron chi connectivity index (χ3n) is 4.23. The fraction of sp³-hybridized carbons (Fsp3) is 0.368. The van der Waals surface area contributed by atoms with Gasteiger partial charge in [0, 0.05) is 30.5 Å². The molecule has 1 saturated heterocycles. The first-order chi connectivity index (χ1) is 12.7. The van der Waals surface area contributed by atoms with Gasteiger partial charge in [0.1, 0.15) is 6.04 Å². The van der Waals surface area contributed by atoms with Crippen LogP contribution in [0, 0.1) is 0 Å². The summed E-state index contributed by atoms with van der Waals surface area (Å²) in [6.45, 7) is 5.09. The second-order valence-electron chi connectivity index (χ2n) is 6.09. The van der Waals surface area contributed by atoms with Crippen LogP contribution in [0.15, 0.2) is 42.6 Å². The summed E-state index contributed by atoms with van der Waals surface area (Å²) >= 11 is 0. The third kappa shape index (κ3) is 4.64. The maximum atomic E-state index is 12.4. The van der Waals surface area contributed by atoms with Crippen molar-refractivity contribution in [3.05, 3.63) is 42.6 Å². The predicted molar refractivity (Wildman–Crippen MR) is 102 cm³/mol. The van der Waals surface area contributed by atoms with Crippen molar-refractivity contribution >= 4 is 23.0 Å². The highest BCUT2D eigenvalue weighted by Gasteiger charge is 2.14. The molecular weight excluding hydrogens is 332 g/mol. The van der Waals surface area contributed by atoms with E-state index in [0.717, 1.165) is 43.4 Å². The molecule has 0 bridgehead atoms. The molecule has 3 rings (SSSR count). The number of nitrogens with zero attached hydrogens (tertiary/aromatic N) is 2. The lowest BCUT2D eigenvalue weighted by Crippen LogP contribution is -2.36. The standard InChI is InChI=1S/C19H24N4O3/c1-14(21-16-5-8-18(25-2)20-13-16)19(24)22-15-3-6-17(7-4-15)23-9-11-26-12-10-23/h3-8,13-14,21H,9-12H2,1-2H3,(H,22,24). The van der Waals surface area contributed by atoms with Crippen molar-refractivity contribution in [3.8, 4) is 5.88 Å². The number of benzene rings is 1. The Balaban J connectivity index is 1.54. The van der Waals surface area contributed by atoms with Gasteiger partial charge in [0.05, 0.1) is 32.2 Å². The van der Waals surface area contributed by atoms with Crippen molar-refractivity contribution in [2.45, 2.75) is 13.0 Å². The third-order valence-corrected chi connectivity index (χ3v) is 4.23. The van der Waals surface area contributed by atoms with Gasteiger partial charge in [0.2, 0.25) is 11.8 Å². The van der Waals surface area contributed by atoms with Crippen LogP contribution in [0.1, 0.15) is 6.92 Å². The van der Waals surface area contributed by atoms with E-state index >= 15 is 0 Å². The minimum Gasteiger partial charge on any atom is -0.481 e. The van der Waals surface area contributed by atoms with E-state index in [2.05, 4.69) is 20.5 Å². The maximum absolute atomic E-state index is 12.4. The fourth-order valence-corrected chi connectivity index (χ4v) is 2.73. The molecule has 7 nitrogen and oxygen atoms in total. The first-order valence-electron chi connectivity index (χ1n) is 8.66. The monoisotopic (exact) mass is 356 g/mol. The van der Waals surface area contributed by atoms with Crippen molar-refractivity contribution in [2.24, 2.45) is 0 Å². The summed E-state index contributed by atoms with van der Waals surface area (Å²) < 4.78 is 10.4. The molecule has 1 atom stereocenters. The minimum atomic E-state index is -0.399. The number of ether oxygens (including phenoxy) is 2. The van der Waals surface area contributed by atoms with Crippen LogP contribution < -0.4 is 20.3 Å². The summed E-state index contributed by atoms with van der Waals surface area (Å²) in [6.07, 6.45) is 1.64. The van der Waals surface area contributed by atoms with Gasteiger partial charge in [0.25, 0.3) is 0 Å². The number of aromatic nitrogens is 1. The molecule has 1 aliphatic heterocycles. The molecule has 2 aromatic rings. The summed E-state index contributed by atoms with van der Waals surface area (Å²) in [6, 6.07) is 11.1. The van der Waals surface area contributed by atoms with Crippen LogP contribution in [-0.4, -0.2) is 50.3 Å². The number of carbonyl (C=O) groups excluding carboxylic acids is 1. The number of rotatable bonds is 6. The van der Waals surface area contributed by atoms with Gasteiger partial charge in [-0.15, -0.1) is 0 Å². The highest BCUT2D eigenvalue weighted by molar-refractivity contribution is 5.96. The van der Waals surface area contributed by atoms with Gasteiger partial charge < -0.3 is 25.0 Å². The lowest BCUT2D eigenvalue weighted by atomic mass is 10.2. The number of hydrogen-bond acceptors (Lipinski definition) is 6. The van der Waals surface area contributed by atoms with Crippen LogP contribution in [-0.2, 0) is 9.53 Å². The van der Waals surface area contributed by atoms with Crippen molar-refractivity contribution in [1.82, 2.24) is 4.98 Å². The summed E-state index contributed by atoms with van der Waals surface area (Å²) in [5.41, 5.74) is 2.67. The Hall–Kier alpha value is -2.80. The lowest BCUT2D eigenvalue weighted by Gasteiger charge is -2.29. The molecular formula is C19H24N4O3. The smallest absolute Gasteiger partial charge is 0.246 e. The molecule has 2 N–H and O–H groups in total. The summed E-state index contributed by atoms with van der Waals surface area (Å²) in [7, 11) is 1.57. The molecule has 0 aliphatic carbocycles. The lowest BCUT2D eigenvalue weighted by molar-refractivity contribution is -0.116. The molecule has 1 fully saturated rings. The second-order valence-corrected chi connectivity index (χ2v) is 6.09. The van der Waals surface area contributed by atoms with Crippen molar-refractivity contribution in [1.29, 1.82) is 0 Å². The van der Waals surface area contributed by atoms with Crippen LogP contribution in [0.3, 0.4) is 0 Å². The number of pyridine rings is 1. The zero-order valence-corrected chi connectivity index (χ0v) is 15.1. The Kier molecular flexibility index (Phi) is 5.91. The van der Waals surface area contributed by atoms with Crippen LogP contribution in [0.5, 0.6) is 5.88 Å². The maximum Gasteiger partial charge on any atom is 0.246 e. The van der Waals surface area contributed by atoms with E-state index < -0.39 is 6.04 Å². The number of morpholine rings is 1. The molecule has 0 spiro atoms. The van der Waals surface area contributed by atoms with Gasteiger partial charge in [-0.25, -0.2) is 4.98 Å². The summed E-state index contributed by atoms with van der Waals surface area (Å²) in [4.78, 5) is 18.8. The number of carbonyl (C=O) groups is 1. The first-order valence-corrected chi connectivity index (χ1v) is 8.66. The quantitative estimate of drug-likeness (QED) is 0.828. The van der Waals surface area contributed by atoms with Crippen LogP contribution in [0.2, 0.25) is 0 Å². The SMILES string of the molecule is COc1ccc(NC(C)C(=O)Nc2ccc(N3CCOCC3)cc2)cn1. The van der Waals surface area contributed by atoms with E-state index in [4.69, 9.17) is 9.47 Å². The highest BCUT2D eigenvalue weighted by Crippen LogP contribution is 2.19. The molecule has 138 valence electrons. The molecule has 1 aromatic carbocycles. The zero-order chi connectivity index (χ0) is 18.4. The fourth-order valence-electron chi connectivity index (χ4n) is 2.73. The minimum absolute atomic E-state index is 0.111. The Bertz CT molecular complexity index is 713. The van der Waals surface area contributed by atoms with Gasteiger partial charge in [-0.1, -0.05) is 0 Å². The van der Waals surface area contributed by atoms with Gasteiger partial charge >= 0.3 is 0 Å². The number of hydrogen-bond donors (Lipinski definition) is 2. The number of methoxy groups -OCH3 is 1. The highest BCUT2D eigenvalue weighted by atomic mass is 16.5. The van der Waals surface area contributed by atoms with E-state index in [1.807, 2.05) is 37.3 Å². The van der Waals surface area contributed by atoms with Gasteiger partial charge in [0.15, 0.2) is 0 Å². The number of anilines is 3. The second kappa shape index (κ2) is 8.53. The average Bonchev–Trinajstić information content (AvgIpc) is 2.70. The zero-order valence-electron chi connectivity index (χ0n) is 15.1. The van der Waals surface area contributed by atoms with E-state index in [-0.39, 0.29) is 5.91 Å². The molecule has 0 saturated carbocycles. The van der Waals surface area contributed by atoms with Gasteiger partial charge in [-0.2, -0.15) is 0 Å². The van der Waals surface area contributed by atoms with Crippen molar-refractivity contribution in [2.75, 3.05) is 48.9 Å². The molecule has 1 aliphatic rings. The Morgan fingerprint density at radius 1 is 1.15 bits per heavy atom. The molecule has 1 unspecified atom stereocenters. The van der Waals surface area contributed by atoms with Gasteiger partial charge in [-0.3, -0.25) is 4.79 Å². The van der Waals surface area contributed by atoms with Gasteiger partial charge in [-0.05, 0) is 37.3 Å². The molecule has 7 heteroatoms. The predicted octanol–water partition coefficient (Wildman–Crippen LogP) is 2.37. The van der Waals surface area contributed by atoms with E-state index in [1.165, 1.54) is 0 Å². The van der Waals surface area contributed by atoms with Crippen molar-refractivity contribution in [3.63, 3.8) is 0 Å². The first kappa shape index (κ1) is 18.0. The van der Waals surface area contributed by atoms with Crippen molar-refractivity contribution < 1.29 is 14.3 Å². The molecule has 0 radical (unpaired) electrons. The van der Waals surface area contributed by atoms with E-state index in [1.54, 1.807) is 19.4 Å². The molecule has 1 aromatic heterocycles. The van der Waals surface area contributed by atoms with E-state index in [9.17, 15) is 4.79 Å².